The van der Waals surface area contributed by atoms with Gasteiger partial charge in [0, 0.05) is 18.3 Å². The molecule has 0 aliphatic carbocycles. The smallest absolute Gasteiger partial charge is 0.344 e. The van der Waals surface area contributed by atoms with Gasteiger partial charge in [0.2, 0.25) is 5.88 Å². The summed E-state index contributed by atoms with van der Waals surface area (Å²) in [5.41, 5.74) is -0.186. The predicted octanol–water partition coefficient (Wildman–Crippen LogP) is 4.23. The van der Waals surface area contributed by atoms with E-state index < -0.39 is 23.4 Å². The molecule has 0 saturated heterocycles. The summed E-state index contributed by atoms with van der Waals surface area (Å²) >= 11 is 5.93. The van der Waals surface area contributed by atoms with Gasteiger partial charge in [0.05, 0.1) is 15.6 Å². The lowest BCUT2D eigenvalue weighted by Gasteiger charge is -2.10. The minimum Gasteiger partial charge on any atom is -0.452 e. The number of halogens is 1. The summed E-state index contributed by atoms with van der Waals surface area (Å²) in [6, 6.07) is 15.3. The Morgan fingerprint density at radius 3 is 2.60 bits per heavy atom. The highest BCUT2D eigenvalue weighted by Gasteiger charge is 2.18. The normalized spacial score (nSPS) is 10.2. The van der Waals surface area contributed by atoms with Crippen molar-refractivity contribution in [3.8, 4) is 11.6 Å². The van der Waals surface area contributed by atoms with E-state index in [1.165, 1.54) is 30.5 Å². The zero-order chi connectivity index (χ0) is 21.5. The average molecular weight is 428 g/mol. The van der Waals surface area contributed by atoms with Crippen LogP contribution in [0.5, 0.6) is 11.6 Å². The number of anilines is 1. The van der Waals surface area contributed by atoms with Gasteiger partial charge in [-0.3, -0.25) is 14.9 Å². The number of para-hydroxylation sites is 1. The lowest BCUT2D eigenvalue weighted by Crippen LogP contribution is -2.21. The Bertz CT molecular complexity index is 1090. The maximum absolute atomic E-state index is 12.4. The van der Waals surface area contributed by atoms with Crippen LogP contribution in [0.1, 0.15) is 10.4 Å². The van der Waals surface area contributed by atoms with Crippen LogP contribution < -0.4 is 10.1 Å². The number of nitro groups is 1. The van der Waals surface area contributed by atoms with E-state index >= 15 is 0 Å². The standard InChI is InChI=1S/C20H14ClN3O6/c21-16-9-8-13(24(27)28)11-17(16)23-18(25)12-29-20(26)15-7-4-10-22-19(15)30-14-5-2-1-3-6-14/h1-11H,12H2,(H,23,25). The SMILES string of the molecule is O=C(COC(=O)c1cccnc1Oc1ccccc1)Nc1cc([N+](=O)[O-])ccc1Cl. The second-order valence-corrected chi connectivity index (χ2v) is 6.22. The molecule has 1 N–H and O–H groups in total. The average Bonchev–Trinajstić information content (AvgIpc) is 2.74. The number of pyridine rings is 1. The Morgan fingerprint density at radius 1 is 1.10 bits per heavy atom. The second-order valence-electron chi connectivity index (χ2n) is 5.82. The lowest BCUT2D eigenvalue weighted by molar-refractivity contribution is -0.384. The number of nitro benzene ring substituents is 1. The van der Waals surface area contributed by atoms with Crippen LogP contribution in [-0.4, -0.2) is 28.4 Å². The van der Waals surface area contributed by atoms with Crippen molar-refractivity contribution in [2.75, 3.05) is 11.9 Å². The Kier molecular flexibility index (Phi) is 6.56. The van der Waals surface area contributed by atoms with Crippen molar-refractivity contribution in [3.05, 3.63) is 87.6 Å². The third-order valence-corrected chi connectivity index (χ3v) is 4.05. The topological polar surface area (TPSA) is 121 Å². The summed E-state index contributed by atoms with van der Waals surface area (Å²) in [5.74, 6) is -1.05. The number of carbonyl (C=O) groups excluding carboxylic acids is 2. The van der Waals surface area contributed by atoms with Gasteiger partial charge in [-0.2, -0.15) is 0 Å². The largest absolute Gasteiger partial charge is 0.452 e. The molecule has 10 heteroatoms. The minimum atomic E-state index is -0.825. The number of ether oxygens (including phenoxy) is 2. The van der Waals surface area contributed by atoms with Gasteiger partial charge in [-0.05, 0) is 30.3 Å². The van der Waals surface area contributed by atoms with Crippen molar-refractivity contribution in [1.82, 2.24) is 4.98 Å². The molecule has 9 nitrogen and oxygen atoms in total. The van der Waals surface area contributed by atoms with Gasteiger partial charge in [-0.25, -0.2) is 9.78 Å². The molecule has 3 rings (SSSR count). The Hall–Kier alpha value is -3.98. The van der Waals surface area contributed by atoms with Crippen LogP contribution in [-0.2, 0) is 9.53 Å². The molecule has 0 saturated carbocycles. The predicted molar refractivity (Wildman–Crippen MR) is 108 cm³/mol. The quantitative estimate of drug-likeness (QED) is 0.340. The van der Waals surface area contributed by atoms with E-state index in [0.717, 1.165) is 6.07 Å². The van der Waals surface area contributed by atoms with Crippen molar-refractivity contribution < 1.29 is 24.0 Å². The highest BCUT2D eigenvalue weighted by Crippen LogP contribution is 2.27. The highest BCUT2D eigenvalue weighted by atomic mass is 35.5. The van der Waals surface area contributed by atoms with E-state index in [1.54, 1.807) is 24.3 Å². The summed E-state index contributed by atoms with van der Waals surface area (Å²) in [7, 11) is 0. The zero-order valence-corrected chi connectivity index (χ0v) is 16.0. The number of amides is 1. The molecule has 1 aromatic heterocycles. The molecule has 0 fully saturated rings. The maximum atomic E-state index is 12.4. The fourth-order valence-corrected chi connectivity index (χ4v) is 2.51. The molecule has 30 heavy (non-hydrogen) atoms. The van der Waals surface area contributed by atoms with Crippen LogP contribution in [0.3, 0.4) is 0 Å². The number of carbonyl (C=O) groups is 2. The Labute approximate surface area is 175 Å². The first-order valence-corrected chi connectivity index (χ1v) is 8.90. The number of non-ortho nitro benzene ring substituents is 1. The van der Waals surface area contributed by atoms with E-state index in [9.17, 15) is 19.7 Å². The summed E-state index contributed by atoms with van der Waals surface area (Å²) in [6.07, 6.45) is 1.45. The maximum Gasteiger partial charge on any atom is 0.344 e. The molecule has 1 amide bonds. The monoisotopic (exact) mass is 427 g/mol. The van der Waals surface area contributed by atoms with Gasteiger partial charge < -0.3 is 14.8 Å². The Balaban J connectivity index is 1.64. The van der Waals surface area contributed by atoms with Crippen molar-refractivity contribution in [2.24, 2.45) is 0 Å². The summed E-state index contributed by atoms with van der Waals surface area (Å²) < 4.78 is 10.6. The molecular weight excluding hydrogens is 414 g/mol. The Morgan fingerprint density at radius 2 is 1.87 bits per heavy atom. The van der Waals surface area contributed by atoms with Crippen LogP contribution in [0.25, 0.3) is 0 Å². The van der Waals surface area contributed by atoms with Crippen molar-refractivity contribution >= 4 is 34.9 Å². The van der Waals surface area contributed by atoms with Gasteiger partial charge in [0.25, 0.3) is 11.6 Å². The van der Waals surface area contributed by atoms with Gasteiger partial charge in [-0.15, -0.1) is 0 Å². The highest BCUT2D eigenvalue weighted by molar-refractivity contribution is 6.33. The van der Waals surface area contributed by atoms with E-state index in [2.05, 4.69) is 10.3 Å². The summed E-state index contributed by atoms with van der Waals surface area (Å²) in [6.45, 7) is -0.641. The third kappa shape index (κ3) is 5.30. The zero-order valence-electron chi connectivity index (χ0n) is 15.3. The molecule has 0 aliphatic rings. The number of nitrogens with one attached hydrogen (secondary N) is 1. The molecular formula is C20H14ClN3O6. The molecule has 0 atom stereocenters. The van der Waals surface area contributed by atoms with E-state index in [1.807, 2.05) is 6.07 Å². The van der Waals surface area contributed by atoms with Crippen molar-refractivity contribution in [1.29, 1.82) is 0 Å². The lowest BCUT2D eigenvalue weighted by atomic mass is 10.2. The van der Waals surface area contributed by atoms with Gasteiger partial charge >= 0.3 is 5.97 Å². The molecule has 1 heterocycles. The molecule has 0 unspecified atom stereocenters. The van der Waals surface area contributed by atoms with E-state index in [0.29, 0.717) is 5.75 Å². The number of hydrogen-bond acceptors (Lipinski definition) is 7. The van der Waals surface area contributed by atoms with E-state index in [4.69, 9.17) is 21.1 Å². The number of nitrogens with zero attached hydrogens (tertiary/aromatic N) is 2. The molecule has 0 spiro atoms. The fourth-order valence-electron chi connectivity index (χ4n) is 2.35. The van der Waals surface area contributed by atoms with Crippen LogP contribution in [0.15, 0.2) is 66.9 Å². The molecule has 0 radical (unpaired) electrons. The van der Waals surface area contributed by atoms with E-state index in [-0.39, 0.29) is 27.8 Å². The number of rotatable bonds is 7. The first-order chi connectivity index (χ1) is 14.4. The van der Waals surface area contributed by atoms with Crippen LogP contribution in [0, 0.1) is 10.1 Å². The molecule has 3 aromatic rings. The summed E-state index contributed by atoms with van der Waals surface area (Å²) in [4.78, 5) is 38.7. The molecule has 152 valence electrons. The fraction of sp³-hybridized carbons (Fsp3) is 0.0500. The molecule has 0 aliphatic heterocycles. The van der Waals surface area contributed by atoms with Crippen LogP contribution in [0.2, 0.25) is 5.02 Å². The number of esters is 1. The van der Waals surface area contributed by atoms with Crippen LogP contribution in [0.4, 0.5) is 11.4 Å². The first-order valence-electron chi connectivity index (χ1n) is 8.53. The van der Waals surface area contributed by atoms with Crippen LogP contribution >= 0.6 is 11.6 Å². The summed E-state index contributed by atoms with van der Waals surface area (Å²) in [5, 5.41) is 13.3. The van der Waals surface area contributed by atoms with Gasteiger partial charge in [0.1, 0.15) is 11.3 Å². The van der Waals surface area contributed by atoms with Crippen molar-refractivity contribution in [3.63, 3.8) is 0 Å². The minimum absolute atomic E-state index is 0.0239. The second kappa shape index (κ2) is 9.48. The molecule has 0 bridgehead atoms. The van der Waals surface area contributed by atoms with Gasteiger partial charge in [0.15, 0.2) is 6.61 Å². The van der Waals surface area contributed by atoms with Crippen molar-refractivity contribution in [2.45, 2.75) is 0 Å². The number of benzene rings is 2. The molecule has 2 aromatic carbocycles. The number of hydrogen-bond donors (Lipinski definition) is 1. The number of aromatic nitrogens is 1. The van der Waals surface area contributed by atoms with Gasteiger partial charge in [-0.1, -0.05) is 29.8 Å². The first kappa shape index (κ1) is 20.7. The third-order valence-electron chi connectivity index (χ3n) is 3.72.